The van der Waals surface area contributed by atoms with Gasteiger partial charge in [0, 0.05) is 5.56 Å². The second-order valence-electron chi connectivity index (χ2n) is 7.61. The predicted octanol–water partition coefficient (Wildman–Crippen LogP) is 6.90. The Bertz CT molecular complexity index is 1600. The molecule has 1 N–H and O–H groups in total. The lowest BCUT2D eigenvalue weighted by Crippen LogP contribution is -2.21. The molecule has 0 unspecified atom stereocenters. The van der Waals surface area contributed by atoms with Crippen LogP contribution in [-0.2, 0) is 12.4 Å². The number of alkyl halides is 6. The number of benzene rings is 2. The number of amides is 1. The van der Waals surface area contributed by atoms with Crippen molar-refractivity contribution in [2.24, 2.45) is 0 Å². The van der Waals surface area contributed by atoms with Gasteiger partial charge in [-0.15, -0.1) is 0 Å². The lowest BCUT2D eigenvalue weighted by atomic mass is 10.1. The van der Waals surface area contributed by atoms with Crippen LogP contribution in [0.2, 0.25) is 5.02 Å². The van der Waals surface area contributed by atoms with Gasteiger partial charge in [0.1, 0.15) is 22.0 Å². The molecule has 0 aliphatic rings. The van der Waals surface area contributed by atoms with E-state index in [0.29, 0.717) is 6.07 Å². The first kappa shape index (κ1) is 27.9. The predicted molar refractivity (Wildman–Crippen MR) is 114 cm³/mol. The minimum atomic E-state index is -5.84. The van der Waals surface area contributed by atoms with Gasteiger partial charge in [-0.2, -0.15) is 31.4 Å². The summed E-state index contributed by atoms with van der Waals surface area (Å²) in [4.78, 5) is 16.6. The number of fused-ring (bicyclic) bond motifs is 1. The normalized spacial score (nSPS) is 12.2. The van der Waals surface area contributed by atoms with Gasteiger partial charge in [-0.05, 0) is 18.2 Å². The summed E-state index contributed by atoms with van der Waals surface area (Å²) in [5.74, 6) is -12.6. The number of nitrogens with zero attached hydrogens (tertiary/aromatic N) is 3. The Morgan fingerprint density at radius 1 is 0.949 bits per heavy atom. The molecule has 6 nitrogen and oxygen atoms in total. The number of anilines is 1. The summed E-state index contributed by atoms with van der Waals surface area (Å²) in [5.41, 5.74) is -8.52. The average Bonchev–Trinajstić information content (AvgIpc) is 3.19. The van der Waals surface area contributed by atoms with Crippen LogP contribution in [-0.4, -0.2) is 27.6 Å². The Hall–Kier alpha value is -4.08. The number of hydrogen-bond donors (Lipinski definition) is 1. The molecular formula is C22H9ClF10N4O2. The summed E-state index contributed by atoms with van der Waals surface area (Å²) in [6.45, 7) is 0. The number of carbonyl (C=O) groups excluding carboxylic acids is 1. The molecule has 4 aromatic rings. The summed E-state index contributed by atoms with van der Waals surface area (Å²) < 4.78 is 141. The molecule has 0 bridgehead atoms. The summed E-state index contributed by atoms with van der Waals surface area (Å²) in [6, 6.07) is 6.18. The fraction of sp³-hybridized carbons (Fsp3) is 0.136. The monoisotopic (exact) mass is 586 g/mol. The van der Waals surface area contributed by atoms with Crippen LogP contribution in [0.25, 0.3) is 16.9 Å². The standard InChI is InChI=1S/C22H9ClF10N4O2/c1-39-8-4-2-3-7(5-8)9-6-10(21(28,29)30)37-19(34-9)12(23)17(36-37)20(38)35-18-15(26)13(24)11(22(31,32)33)14(25)16(18)27/h2-6H,1H3,(H,35,38). The first-order valence-electron chi connectivity index (χ1n) is 10.1. The van der Waals surface area contributed by atoms with Crippen LogP contribution >= 0.6 is 11.6 Å². The molecule has 39 heavy (non-hydrogen) atoms. The van der Waals surface area contributed by atoms with Crippen molar-refractivity contribution in [3.05, 3.63) is 75.6 Å². The van der Waals surface area contributed by atoms with E-state index >= 15 is 0 Å². The van der Waals surface area contributed by atoms with Crippen LogP contribution in [0.3, 0.4) is 0 Å². The van der Waals surface area contributed by atoms with Crippen molar-refractivity contribution < 1.29 is 53.4 Å². The highest BCUT2D eigenvalue weighted by atomic mass is 35.5. The van der Waals surface area contributed by atoms with E-state index in [4.69, 9.17) is 16.3 Å². The van der Waals surface area contributed by atoms with E-state index < -0.39 is 74.8 Å². The van der Waals surface area contributed by atoms with Crippen LogP contribution < -0.4 is 10.1 Å². The van der Waals surface area contributed by atoms with Crippen LogP contribution in [0.1, 0.15) is 21.7 Å². The van der Waals surface area contributed by atoms with Crippen LogP contribution in [0.4, 0.5) is 49.6 Å². The lowest BCUT2D eigenvalue weighted by molar-refractivity contribution is -0.143. The molecule has 0 aliphatic carbocycles. The zero-order chi connectivity index (χ0) is 29.0. The summed E-state index contributed by atoms with van der Waals surface area (Å²) in [6.07, 6.45) is -11.0. The van der Waals surface area contributed by atoms with Crippen molar-refractivity contribution in [1.82, 2.24) is 14.6 Å². The number of halogens is 11. The van der Waals surface area contributed by atoms with Crippen molar-refractivity contribution in [2.45, 2.75) is 12.4 Å². The molecular weight excluding hydrogens is 578 g/mol. The van der Waals surface area contributed by atoms with Crippen molar-refractivity contribution >= 4 is 28.8 Å². The van der Waals surface area contributed by atoms with E-state index in [-0.39, 0.29) is 21.5 Å². The molecule has 0 saturated heterocycles. The largest absolute Gasteiger partial charge is 0.497 e. The molecule has 0 fully saturated rings. The van der Waals surface area contributed by atoms with E-state index in [0.717, 1.165) is 0 Å². The van der Waals surface area contributed by atoms with E-state index in [9.17, 15) is 48.7 Å². The maximum Gasteiger partial charge on any atom is 0.433 e. The number of rotatable bonds is 4. The SMILES string of the molecule is COc1cccc(-c2cc(C(F)(F)F)n3nc(C(=O)Nc4c(F)c(F)c(C(F)(F)F)c(F)c4F)c(Cl)c3n2)c1. The number of ether oxygens (including phenoxy) is 1. The Balaban J connectivity index is 1.86. The van der Waals surface area contributed by atoms with E-state index in [1.165, 1.54) is 36.7 Å². The first-order chi connectivity index (χ1) is 18.1. The highest BCUT2D eigenvalue weighted by Crippen LogP contribution is 2.39. The molecule has 0 saturated carbocycles. The highest BCUT2D eigenvalue weighted by molar-refractivity contribution is 6.37. The van der Waals surface area contributed by atoms with E-state index in [1.54, 1.807) is 0 Å². The Morgan fingerprint density at radius 2 is 1.56 bits per heavy atom. The Morgan fingerprint density at radius 3 is 2.10 bits per heavy atom. The molecule has 4 rings (SSSR count). The van der Waals surface area contributed by atoms with E-state index in [2.05, 4.69) is 10.1 Å². The van der Waals surface area contributed by atoms with Gasteiger partial charge in [0.15, 0.2) is 40.3 Å². The van der Waals surface area contributed by atoms with Crippen LogP contribution in [0.5, 0.6) is 5.75 Å². The third-order valence-electron chi connectivity index (χ3n) is 5.19. The fourth-order valence-corrected chi connectivity index (χ4v) is 3.68. The van der Waals surface area contributed by atoms with Crippen molar-refractivity contribution in [3.63, 3.8) is 0 Å². The Kier molecular flexibility index (Phi) is 6.87. The van der Waals surface area contributed by atoms with Gasteiger partial charge in [-0.1, -0.05) is 23.7 Å². The summed E-state index contributed by atoms with van der Waals surface area (Å²) >= 11 is 6.00. The lowest BCUT2D eigenvalue weighted by Gasteiger charge is -2.14. The molecule has 2 aromatic carbocycles. The third kappa shape index (κ3) is 4.91. The topological polar surface area (TPSA) is 68.5 Å². The third-order valence-corrected chi connectivity index (χ3v) is 5.54. The maximum absolute atomic E-state index is 14.2. The van der Waals surface area contributed by atoms with Gasteiger partial charge < -0.3 is 10.1 Å². The van der Waals surface area contributed by atoms with Gasteiger partial charge >= 0.3 is 12.4 Å². The van der Waals surface area contributed by atoms with Gasteiger partial charge in [0.05, 0.1) is 12.8 Å². The number of aromatic nitrogens is 3. The maximum atomic E-state index is 14.2. The van der Waals surface area contributed by atoms with Gasteiger partial charge in [0.25, 0.3) is 5.91 Å². The molecule has 17 heteroatoms. The number of methoxy groups -OCH3 is 1. The van der Waals surface area contributed by atoms with Crippen molar-refractivity contribution in [3.8, 4) is 17.0 Å². The number of nitrogens with one attached hydrogen (secondary N) is 1. The summed E-state index contributed by atoms with van der Waals surface area (Å²) in [7, 11) is 1.30. The van der Waals surface area contributed by atoms with E-state index in [1.807, 2.05) is 0 Å². The van der Waals surface area contributed by atoms with Crippen molar-refractivity contribution in [1.29, 1.82) is 0 Å². The molecule has 2 aromatic heterocycles. The van der Waals surface area contributed by atoms with Gasteiger partial charge in [-0.25, -0.2) is 27.1 Å². The second kappa shape index (κ2) is 9.59. The van der Waals surface area contributed by atoms with Gasteiger partial charge in [0.2, 0.25) is 0 Å². The van der Waals surface area contributed by atoms with Gasteiger partial charge in [-0.3, -0.25) is 4.79 Å². The fourth-order valence-electron chi connectivity index (χ4n) is 3.43. The first-order valence-corrected chi connectivity index (χ1v) is 10.5. The minimum Gasteiger partial charge on any atom is -0.497 e. The molecule has 206 valence electrons. The zero-order valence-electron chi connectivity index (χ0n) is 18.7. The highest BCUT2D eigenvalue weighted by Gasteiger charge is 2.43. The number of hydrogen-bond acceptors (Lipinski definition) is 4. The minimum absolute atomic E-state index is 0.0849. The smallest absolute Gasteiger partial charge is 0.433 e. The van der Waals surface area contributed by atoms with Crippen LogP contribution in [0.15, 0.2) is 30.3 Å². The van der Waals surface area contributed by atoms with Crippen molar-refractivity contribution in [2.75, 3.05) is 12.4 Å². The molecule has 1 amide bonds. The quantitative estimate of drug-likeness (QED) is 0.209. The molecule has 0 radical (unpaired) electrons. The molecule has 0 atom stereocenters. The molecule has 0 spiro atoms. The zero-order valence-corrected chi connectivity index (χ0v) is 19.5. The average molecular weight is 587 g/mol. The van der Waals surface area contributed by atoms with Crippen LogP contribution in [0, 0.1) is 23.3 Å². The Labute approximate surface area is 214 Å². The number of carbonyl (C=O) groups is 1. The second-order valence-corrected chi connectivity index (χ2v) is 7.99. The molecule has 2 heterocycles. The molecule has 0 aliphatic heterocycles. The summed E-state index contributed by atoms with van der Waals surface area (Å²) in [5, 5.41) is 3.72.